The molecule has 0 radical (unpaired) electrons. The van der Waals surface area contributed by atoms with Crippen molar-refractivity contribution in [2.45, 2.75) is 11.8 Å². The molecule has 0 amide bonds. The molecular weight excluding hydrogens is 359 g/mol. The van der Waals surface area contributed by atoms with E-state index in [0.717, 1.165) is 3.57 Å². The summed E-state index contributed by atoms with van der Waals surface area (Å²) < 4.78 is 0.949. The minimum Gasteiger partial charge on any atom is -0.298 e. The van der Waals surface area contributed by atoms with Gasteiger partial charge in [-0.2, -0.15) is 0 Å². The largest absolute Gasteiger partial charge is 0.298 e. The third-order valence-corrected chi connectivity index (χ3v) is 2.86. The zero-order chi connectivity index (χ0) is 10.7. The Hall–Kier alpha value is -0.230. The summed E-state index contributed by atoms with van der Waals surface area (Å²) in [5, 5.41) is 0. The SMILES string of the molecule is CC(Br)C(=O)c1cc(I)ccc1C=O. The lowest BCUT2D eigenvalue weighted by Crippen LogP contribution is -2.12. The Morgan fingerprint density at radius 1 is 1.57 bits per heavy atom. The number of Topliss-reactive ketones (excluding diaryl/α,β-unsaturated/α-hetero) is 1. The van der Waals surface area contributed by atoms with Gasteiger partial charge in [-0.15, -0.1) is 0 Å². The van der Waals surface area contributed by atoms with Gasteiger partial charge in [0.15, 0.2) is 12.1 Å². The molecule has 1 rings (SSSR count). The number of rotatable bonds is 3. The van der Waals surface area contributed by atoms with Crippen LogP contribution in [0.15, 0.2) is 18.2 Å². The molecular formula is C10H8BrIO2. The predicted octanol–water partition coefficient (Wildman–Crippen LogP) is 3.07. The maximum absolute atomic E-state index is 11.7. The quantitative estimate of drug-likeness (QED) is 0.356. The molecule has 0 saturated heterocycles. The van der Waals surface area contributed by atoms with Crippen LogP contribution < -0.4 is 0 Å². The summed E-state index contributed by atoms with van der Waals surface area (Å²) in [5.41, 5.74) is 0.929. The molecule has 0 fully saturated rings. The standard InChI is InChI=1S/C10H8BrIO2/c1-6(11)10(14)9-4-8(12)3-2-7(9)5-13/h2-6H,1H3. The molecule has 14 heavy (non-hydrogen) atoms. The maximum atomic E-state index is 11.7. The summed E-state index contributed by atoms with van der Waals surface area (Å²) in [5.74, 6) is -0.0642. The first kappa shape index (κ1) is 11.8. The highest BCUT2D eigenvalue weighted by molar-refractivity contribution is 14.1. The number of alkyl halides is 1. The van der Waals surface area contributed by atoms with Crippen LogP contribution in [-0.2, 0) is 0 Å². The Labute approximate surface area is 104 Å². The Morgan fingerprint density at radius 3 is 2.71 bits per heavy atom. The van der Waals surface area contributed by atoms with E-state index in [1.807, 2.05) is 0 Å². The van der Waals surface area contributed by atoms with Crippen LogP contribution in [0.1, 0.15) is 27.6 Å². The van der Waals surface area contributed by atoms with Crippen molar-refractivity contribution >= 4 is 50.6 Å². The number of aldehydes is 1. The van der Waals surface area contributed by atoms with Gasteiger partial charge in [-0.25, -0.2) is 0 Å². The average molecular weight is 367 g/mol. The normalized spacial score (nSPS) is 12.2. The van der Waals surface area contributed by atoms with Crippen molar-refractivity contribution in [2.24, 2.45) is 0 Å². The molecule has 74 valence electrons. The Morgan fingerprint density at radius 2 is 2.21 bits per heavy atom. The smallest absolute Gasteiger partial charge is 0.176 e. The first-order valence-electron chi connectivity index (χ1n) is 3.99. The number of carbonyl (C=O) groups excluding carboxylic acids is 2. The topological polar surface area (TPSA) is 34.1 Å². The highest BCUT2D eigenvalue weighted by Gasteiger charge is 2.15. The molecule has 0 aliphatic rings. The second kappa shape index (κ2) is 5.02. The average Bonchev–Trinajstić information content (AvgIpc) is 2.16. The molecule has 0 N–H and O–H groups in total. The minimum absolute atomic E-state index is 0.0642. The van der Waals surface area contributed by atoms with Gasteiger partial charge in [-0.3, -0.25) is 9.59 Å². The molecule has 2 nitrogen and oxygen atoms in total. The van der Waals surface area contributed by atoms with Crippen LogP contribution in [0.3, 0.4) is 0 Å². The molecule has 1 atom stereocenters. The van der Waals surface area contributed by atoms with Crippen LogP contribution in [0.2, 0.25) is 0 Å². The van der Waals surface area contributed by atoms with Crippen molar-refractivity contribution in [2.75, 3.05) is 0 Å². The van der Waals surface area contributed by atoms with E-state index in [9.17, 15) is 9.59 Å². The van der Waals surface area contributed by atoms with E-state index in [1.54, 1.807) is 25.1 Å². The van der Waals surface area contributed by atoms with Gasteiger partial charge in [-0.1, -0.05) is 15.9 Å². The summed E-state index contributed by atoms with van der Waals surface area (Å²) in [6, 6.07) is 5.20. The van der Waals surface area contributed by atoms with E-state index >= 15 is 0 Å². The zero-order valence-corrected chi connectivity index (χ0v) is 11.2. The fraction of sp³-hybridized carbons (Fsp3) is 0.200. The van der Waals surface area contributed by atoms with E-state index in [1.165, 1.54) is 0 Å². The van der Waals surface area contributed by atoms with Crippen LogP contribution in [0, 0.1) is 3.57 Å². The molecule has 0 saturated carbocycles. The van der Waals surface area contributed by atoms with E-state index in [2.05, 4.69) is 38.5 Å². The second-order valence-electron chi connectivity index (χ2n) is 2.83. The number of hydrogen-bond acceptors (Lipinski definition) is 2. The number of halogens is 2. The van der Waals surface area contributed by atoms with Crippen LogP contribution >= 0.6 is 38.5 Å². The lowest BCUT2D eigenvalue weighted by Gasteiger charge is -2.05. The van der Waals surface area contributed by atoms with Crippen molar-refractivity contribution in [1.82, 2.24) is 0 Å². The molecule has 0 aromatic heterocycles. The number of benzene rings is 1. The molecule has 4 heteroatoms. The summed E-state index contributed by atoms with van der Waals surface area (Å²) in [4.78, 5) is 22.1. The first-order valence-corrected chi connectivity index (χ1v) is 5.98. The number of hydrogen-bond donors (Lipinski definition) is 0. The summed E-state index contributed by atoms with van der Waals surface area (Å²) in [6.45, 7) is 1.75. The fourth-order valence-corrected chi connectivity index (χ4v) is 1.80. The monoisotopic (exact) mass is 366 g/mol. The van der Waals surface area contributed by atoms with Crippen LogP contribution in [0.25, 0.3) is 0 Å². The Bertz CT molecular complexity index is 374. The third-order valence-electron chi connectivity index (χ3n) is 1.77. The Balaban J connectivity index is 3.23. The van der Waals surface area contributed by atoms with Crippen molar-refractivity contribution in [3.8, 4) is 0 Å². The minimum atomic E-state index is -0.264. The van der Waals surface area contributed by atoms with E-state index < -0.39 is 0 Å². The predicted molar refractivity (Wildman–Crippen MR) is 67.3 cm³/mol. The van der Waals surface area contributed by atoms with Crippen LogP contribution in [0.4, 0.5) is 0 Å². The number of carbonyl (C=O) groups is 2. The Kier molecular flexibility index (Phi) is 4.25. The van der Waals surface area contributed by atoms with Gasteiger partial charge in [0.25, 0.3) is 0 Å². The van der Waals surface area contributed by atoms with Gasteiger partial charge in [0, 0.05) is 14.7 Å². The molecule has 1 aromatic carbocycles. The van der Waals surface area contributed by atoms with E-state index in [4.69, 9.17) is 0 Å². The van der Waals surface area contributed by atoms with Crippen molar-refractivity contribution in [3.05, 3.63) is 32.9 Å². The van der Waals surface area contributed by atoms with Crippen molar-refractivity contribution in [3.63, 3.8) is 0 Å². The summed E-state index contributed by atoms with van der Waals surface area (Å²) >= 11 is 5.31. The highest BCUT2D eigenvalue weighted by Crippen LogP contribution is 2.16. The number of ketones is 1. The van der Waals surface area contributed by atoms with Crippen LogP contribution in [0.5, 0.6) is 0 Å². The van der Waals surface area contributed by atoms with Gasteiger partial charge in [-0.05, 0) is 47.7 Å². The van der Waals surface area contributed by atoms with Gasteiger partial charge in [0.1, 0.15) is 0 Å². The van der Waals surface area contributed by atoms with Gasteiger partial charge < -0.3 is 0 Å². The molecule has 0 heterocycles. The fourth-order valence-electron chi connectivity index (χ4n) is 1.06. The molecule has 0 spiro atoms. The maximum Gasteiger partial charge on any atom is 0.176 e. The molecule has 1 aromatic rings. The summed E-state index contributed by atoms with van der Waals surface area (Å²) in [7, 11) is 0. The lowest BCUT2D eigenvalue weighted by atomic mass is 10.0. The highest BCUT2D eigenvalue weighted by atomic mass is 127. The second-order valence-corrected chi connectivity index (χ2v) is 5.45. The van der Waals surface area contributed by atoms with Crippen LogP contribution in [-0.4, -0.2) is 16.9 Å². The zero-order valence-electron chi connectivity index (χ0n) is 7.46. The van der Waals surface area contributed by atoms with Gasteiger partial charge in [0.2, 0.25) is 0 Å². The summed E-state index contributed by atoms with van der Waals surface area (Å²) in [6.07, 6.45) is 0.707. The molecule has 0 aliphatic heterocycles. The lowest BCUT2D eigenvalue weighted by molar-refractivity contribution is 0.0989. The van der Waals surface area contributed by atoms with E-state index in [-0.39, 0.29) is 10.6 Å². The van der Waals surface area contributed by atoms with E-state index in [0.29, 0.717) is 17.4 Å². The van der Waals surface area contributed by atoms with Gasteiger partial charge in [0.05, 0.1) is 4.83 Å². The molecule has 0 aliphatic carbocycles. The molecule has 1 unspecified atom stereocenters. The van der Waals surface area contributed by atoms with Crippen molar-refractivity contribution < 1.29 is 9.59 Å². The molecule has 0 bridgehead atoms. The van der Waals surface area contributed by atoms with Crippen molar-refractivity contribution in [1.29, 1.82) is 0 Å². The third kappa shape index (κ3) is 2.63. The first-order chi connectivity index (χ1) is 6.56. The van der Waals surface area contributed by atoms with Gasteiger partial charge >= 0.3 is 0 Å².